The summed E-state index contributed by atoms with van der Waals surface area (Å²) in [5.41, 5.74) is 4.36. The normalized spacial score (nSPS) is 16.7. The SMILES string of the molecule is Cc1ccnc(OCC(=O)OCc2ccccc2)c1C1=CCC(C)CC1. The number of aryl methyl sites for hydroxylation is 1. The van der Waals surface area contributed by atoms with Gasteiger partial charge < -0.3 is 9.47 Å². The van der Waals surface area contributed by atoms with Crippen molar-refractivity contribution >= 4 is 11.5 Å². The Kier molecular flexibility index (Phi) is 6.05. The van der Waals surface area contributed by atoms with Crippen molar-refractivity contribution < 1.29 is 14.3 Å². The summed E-state index contributed by atoms with van der Waals surface area (Å²) in [6, 6.07) is 11.6. The Morgan fingerprint density at radius 2 is 2.04 bits per heavy atom. The number of benzene rings is 1. The van der Waals surface area contributed by atoms with Gasteiger partial charge >= 0.3 is 5.97 Å². The Balaban J connectivity index is 1.63. The Morgan fingerprint density at radius 1 is 1.23 bits per heavy atom. The van der Waals surface area contributed by atoms with Crippen LogP contribution < -0.4 is 4.74 Å². The van der Waals surface area contributed by atoms with Gasteiger partial charge in [-0.1, -0.05) is 43.3 Å². The minimum atomic E-state index is -0.394. The van der Waals surface area contributed by atoms with Crippen LogP contribution in [0.2, 0.25) is 0 Å². The third-order valence-corrected chi connectivity index (χ3v) is 4.69. The van der Waals surface area contributed by atoms with Gasteiger partial charge in [-0.05, 0) is 54.9 Å². The summed E-state index contributed by atoms with van der Waals surface area (Å²) < 4.78 is 11.0. The second kappa shape index (κ2) is 8.65. The Hall–Kier alpha value is -2.62. The molecule has 0 aliphatic heterocycles. The van der Waals surface area contributed by atoms with Gasteiger partial charge in [0.05, 0.1) is 0 Å². The van der Waals surface area contributed by atoms with Gasteiger partial charge in [0.2, 0.25) is 5.88 Å². The predicted molar refractivity (Wildman–Crippen MR) is 102 cm³/mol. The summed E-state index contributed by atoms with van der Waals surface area (Å²) in [5, 5.41) is 0. The van der Waals surface area contributed by atoms with E-state index in [1.54, 1.807) is 6.20 Å². The maximum absolute atomic E-state index is 12.0. The molecule has 1 heterocycles. The molecule has 0 fully saturated rings. The van der Waals surface area contributed by atoms with E-state index in [1.165, 1.54) is 12.0 Å². The number of esters is 1. The smallest absolute Gasteiger partial charge is 0.344 e. The van der Waals surface area contributed by atoms with E-state index in [9.17, 15) is 4.79 Å². The van der Waals surface area contributed by atoms with Crippen LogP contribution in [0.15, 0.2) is 48.7 Å². The molecule has 0 N–H and O–H groups in total. The fourth-order valence-corrected chi connectivity index (χ4v) is 3.13. The predicted octanol–water partition coefficient (Wildman–Crippen LogP) is 4.72. The Labute approximate surface area is 154 Å². The average molecular weight is 351 g/mol. The number of carbonyl (C=O) groups excluding carboxylic acids is 1. The van der Waals surface area contributed by atoms with E-state index in [2.05, 4.69) is 24.9 Å². The lowest BCUT2D eigenvalue weighted by Crippen LogP contribution is -2.16. The molecule has 0 amide bonds. The zero-order valence-corrected chi connectivity index (χ0v) is 15.4. The molecule has 3 rings (SSSR count). The second-order valence-electron chi connectivity index (χ2n) is 6.85. The topological polar surface area (TPSA) is 48.4 Å². The molecule has 0 saturated heterocycles. The van der Waals surface area contributed by atoms with Crippen molar-refractivity contribution in [3.63, 3.8) is 0 Å². The van der Waals surface area contributed by atoms with Crippen LogP contribution in [0.4, 0.5) is 0 Å². The van der Waals surface area contributed by atoms with Crippen molar-refractivity contribution in [2.45, 2.75) is 39.7 Å². The van der Waals surface area contributed by atoms with Gasteiger partial charge in [0.15, 0.2) is 6.61 Å². The molecular formula is C22H25NO3. The fourth-order valence-electron chi connectivity index (χ4n) is 3.13. The van der Waals surface area contributed by atoms with Gasteiger partial charge in [0, 0.05) is 11.8 Å². The molecule has 1 aliphatic rings. The first kappa shape index (κ1) is 18.2. The highest BCUT2D eigenvalue weighted by atomic mass is 16.6. The summed E-state index contributed by atoms with van der Waals surface area (Å²) in [5.74, 6) is 0.838. The number of aromatic nitrogens is 1. The van der Waals surface area contributed by atoms with Gasteiger partial charge in [0.1, 0.15) is 6.61 Å². The number of carbonyl (C=O) groups is 1. The van der Waals surface area contributed by atoms with Gasteiger partial charge in [-0.3, -0.25) is 0 Å². The number of hydrogen-bond donors (Lipinski definition) is 0. The molecule has 1 aromatic carbocycles. The zero-order valence-electron chi connectivity index (χ0n) is 15.4. The van der Waals surface area contributed by atoms with Crippen molar-refractivity contribution in [2.24, 2.45) is 5.92 Å². The molecule has 0 bridgehead atoms. The van der Waals surface area contributed by atoms with E-state index >= 15 is 0 Å². The molecule has 26 heavy (non-hydrogen) atoms. The van der Waals surface area contributed by atoms with Gasteiger partial charge in [-0.15, -0.1) is 0 Å². The minimum absolute atomic E-state index is 0.139. The summed E-state index contributed by atoms with van der Waals surface area (Å²) >= 11 is 0. The highest BCUT2D eigenvalue weighted by molar-refractivity contribution is 5.74. The lowest BCUT2D eigenvalue weighted by molar-refractivity contribution is -0.147. The quantitative estimate of drug-likeness (QED) is 0.707. The Morgan fingerprint density at radius 3 is 2.77 bits per heavy atom. The summed E-state index contributed by atoms with van der Waals surface area (Å²) in [4.78, 5) is 16.4. The maximum atomic E-state index is 12.0. The second-order valence-corrected chi connectivity index (χ2v) is 6.85. The summed E-state index contributed by atoms with van der Waals surface area (Å²) in [7, 11) is 0. The number of rotatable bonds is 6. The number of nitrogens with zero attached hydrogens (tertiary/aromatic N) is 1. The third kappa shape index (κ3) is 4.72. The lowest BCUT2D eigenvalue weighted by atomic mass is 9.87. The molecule has 0 saturated carbocycles. The van der Waals surface area contributed by atoms with Gasteiger partial charge in [-0.2, -0.15) is 0 Å². The van der Waals surface area contributed by atoms with Crippen LogP contribution in [0.1, 0.15) is 42.9 Å². The Bertz CT molecular complexity index is 783. The van der Waals surface area contributed by atoms with Crippen molar-refractivity contribution in [3.05, 3.63) is 65.4 Å². The van der Waals surface area contributed by atoms with Gasteiger partial charge in [0.25, 0.3) is 0 Å². The summed E-state index contributed by atoms with van der Waals surface area (Å²) in [6.07, 6.45) is 7.25. The molecule has 1 unspecified atom stereocenters. The van der Waals surface area contributed by atoms with Crippen LogP contribution in [-0.4, -0.2) is 17.6 Å². The first-order chi connectivity index (χ1) is 12.6. The maximum Gasteiger partial charge on any atom is 0.344 e. The molecule has 136 valence electrons. The molecule has 1 atom stereocenters. The standard InChI is InChI=1S/C22H25NO3/c1-16-8-10-19(11-9-16)21-17(2)12-13-23-22(21)26-15-20(24)25-14-18-6-4-3-5-7-18/h3-7,10,12-13,16H,8-9,11,14-15H2,1-2H3. The highest BCUT2D eigenvalue weighted by Crippen LogP contribution is 2.35. The minimum Gasteiger partial charge on any atom is -0.465 e. The van der Waals surface area contributed by atoms with Crippen molar-refractivity contribution in [1.29, 1.82) is 0 Å². The van der Waals surface area contributed by atoms with Gasteiger partial charge in [-0.25, -0.2) is 9.78 Å². The molecule has 4 heteroatoms. The first-order valence-electron chi connectivity index (χ1n) is 9.11. The van der Waals surface area contributed by atoms with Crippen LogP contribution in [0.3, 0.4) is 0 Å². The third-order valence-electron chi connectivity index (χ3n) is 4.69. The molecule has 0 spiro atoms. The molecule has 2 aromatic rings. The molecule has 1 aliphatic carbocycles. The van der Waals surface area contributed by atoms with Crippen LogP contribution in [0, 0.1) is 12.8 Å². The van der Waals surface area contributed by atoms with Crippen LogP contribution in [-0.2, 0) is 16.1 Å². The number of hydrogen-bond acceptors (Lipinski definition) is 4. The largest absolute Gasteiger partial charge is 0.465 e. The van der Waals surface area contributed by atoms with E-state index < -0.39 is 5.97 Å². The first-order valence-corrected chi connectivity index (χ1v) is 9.11. The van der Waals surface area contributed by atoms with Crippen LogP contribution >= 0.6 is 0 Å². The van der Waals surface area contributed by atoms with Crippen molar-refractivity contribution in [3.8, 4) is 5.88 Å². The van der Waals surface area contributed by atoms with E-state index in [1.807, 2.05) is 36.4 Å². The average Bonchev–Trinajstić information content (AvgIpc) is 2.66. The van der Waals surface area contributed by atoms with Crippen molar-refractivity contribution in [2.75, 3.05) is 6.61 Å². The fraction of sp³-hybridized carbons (Fsp3) is 0.364. The van der Waals surface area contributed by atoms with E-state index in [0.29, 0.717) is 11.8 Å². The molecule has 0 radical (unpaired) electrons. The number of ether oxygens (including phenoxy) is 2. The van der Waals surface area contributed by atoms with Crippen molar-refractivity contribution in [1.82, 2.24) is 4.98 Å². The molecule has 4 nitrogen and oxygen atoms in total. The highest BCUT2D eigenvalue weighted by Gasteiger charge is 2.18. The monoisotopic (exact) mass is 351 g/mol. The number of allylic oxidation sites excluding steroid dienone is 2. The number of pyridine rings is 1. The van der Waals surface area contributed by atoms with Crippen LogP contribution in [0.25, 0.3) is 5.57 Å². The van der Waals surface area contributed by atoms with Crippen LogP contribution in [0.5, 0.6) is 5.88 Å². The molecular weight excluding hydrogens is 326 g/mol. The van der Waals surface area contributed by atoms with E-state index in [-0.39, 0.29) is 13.2 Å². The molecule has 1 aromatic heterocycles. The summed E-state index contributed by atoms with van der Waals surface area (Å²) in [6.45, 7) is 4.43. The zero-order chi connectivity index (χ0) is 18.4. The van der Waals surface area contributed by atoms with E-state index in [4.69, 9.17) is 9.47 Å². The van der Waals surface area contributed by atoms with E-state index in [0.717, 1.165) is 29.5 Å². The lowest BCUT2D eigenvalue weighted by Gasteiger charge is -2.21.